The molecule has 0 radical (unpaired) electrons. The van der Waals surface area contributed by atoms with Gasteiger partial charge in [0.25, 0.3) is 0 Å². The zero-order valence-electron chi connectivity index (χ0n) is 6.76. The molecule has 6 nitrogen and oxygen atoms in total. The molecule has 3 heterocycles. The third-order valence-electron chi connectivity index (χ3n) is 2.02. The quantitative estimate of drug-likeness (QED) is 0.556. The smallest absolute Gasteiger partial charge is 0.325 e. The van der Waals surface area contributed by atoms with Crippen LogP contribution in [-0.4, -0.2) is 25.1 Å². The van der Waals surface area contributed by atoms with Crippen molar-refractivity contribution < 1.29 is 0 Å². The second-order valence-electron chi connectivity index (χ2n) is 2.86. The van der Waals surface area contributed by atoms with Crippen LogP contribution < -0.4 is 5.69 Å². The predicted octanol–water partition coefficient (Wildman–Crippen LogP) is 0.890. The van der Waals surface area contributed by atoms with Crippen molar-refractivity contribution in [1.29, 1.82) is 0 Å². The van der Waals surface area contributed by atoms with Crippen molar-refractivity contribution in [2.45, 2.75) is 0 Å². The molecular formula is C7H4BrN5O. The van der Waals surface area contributed by atoms with Gasteiger partial charge in [-0.2, -0.15) is 0 Å². The minimum absolute atomic E-state index is 0.282. The summed E-state index contributed by atoms with van der Waals surface area (Å²) in [5, 5.41) is 8.60. The van der Waals surface area contributed by atoms with Gasteiger partial charge in [0.1, 0.15) is 0 Å². The largest absolute Gasteiger partial charge is 0.343 e. The molecule has 0 saturated heterocycles. The SMILES string of the molecule is O=c1[nH]c2nnc3[nH]cc(Br)c3c2[nH]1. The fourth-order valence-electron chi connectivity index (χ4n) is 1.44. The Morgan fingerprint density at radius 2 is 2.00 bits per heavy atom. The Kier molecular flexibility index (Phi) is 1.35. The summed E-state index contributed by atoms with van der Waals surface area (Å²) >= 11 is 3.36. The van der Waals surface area contributed by atoms with E-state index < -0.39 is 0 Å². The maximum Gasteiger partial charge on any atom is 0.325 e. The molecule has 3 aromatic rings. The first kappa shape index (κ1) is 7.74. The van der Waals surface area contributed by atoms with E-state index in [1.165, 1.54) is 0 Å². The molecule has 0 aliphatic carbocycles. The zero-order chi connectivity index (χ0) is 9.71. The summed E-state index contributed by atoms with van der Waals surface area (Å²) in [4.78, 5) is 19.2. The van der Waals surface area contributed by atoms with Crippen molar-refractivity contribution in [2.75, 3.05) is 0 Å². The van der Waals surface area contributed by atoms with E-state index in [0.717, 1.165) is 9.86 Å². The van der Waals surface area contributed by atoms with E-state index >= 15 is 0 Å². The second-order valence-corrected chi connectivity index (χ2v) is 3.72. The van der Waals surface area contributed by atoms with Crippen LogP contribution in [0.15, 0.2) is 15.5 Å². The summed E-state index contributed by atoms with van der Waals surface area (Å²) in [7, 11) is 0. The molecule has 3 aromatic heterocycles. The van der Waals surface area contributed by atoms with E-state index in [1.54, 1.807) is 6.20 Å². The summed E-state index contributed by atoms with van der Waals surface area (Å²) in [5.41, 5.74) is 1.48. The van der Waals surface area contributed by atoms with Gasteiger partial charge < -0.3 is 9.97 Å². The van der Waals surface area contributed by atoms with Gasteiger partial charge in [0.15, 0.2) is 11.3 Å². The first-order chi connectivity index (χ1) is 6.75. The fraction of sp³-hybridized carbons (Fsp3) is 0. The van der Waals surface area contributed by atoms with Crippen molar-refractivity contribution in [3.8, 4) is 0 Å². The van der Waals surface area contributed by atoms with E-state index in [4.69, 9.17) is 0 Å². The Labute approximate surface area is 84.9 Å². The van der Waals surface area contributed by atoms with Gasteiger partial charge in [0.2, 0.25) is 0 Å². The number of hydrogen-bond donors (Lipinski definition) is 3. The fourth-order valence-corrected chi connectivity index (χ4v) is 1.94. The van der Waals surface area contributed by atoms with Crippen molar-refractivity contribution in [2.24, 2.45) is 0 Å². The van der Waals surface area contributed by atoms with E-state index in [1.807, 2.05) is 0 Å². The predicted molar refractivity (Wildman–Crippen MR) is 54.1 cm³/mol. The molecular weight excluding hydrogens is 250 g/mol. The molecule has 14 heavy (non-hydrogen) atoms. The highest BCUT2D eigenvalue weighted by molar-refractivity contribution is 9.10. The summed E-state index contributed by atoms with van der Waals surface area (Å²) < 4.78 is 0.850. The Morgan fingerprint density at radius 1 is 1.21 bits per heavy atom. The number of halogens is 1. The lowest BCUT2D eigenvalue weighted by Gasteiger charge is -1.90. The summed E-state index contributed by atoms with van der Waals surface area (Å²) in [5.74, 6) is 0. The maximum atomic E-state index is 11.1. The molecule has 0 bridgehead atoms. The number of nitrogens with one attached hydrogen (secondary N) is 3. The molecule has 0 unspecified atom stereocenters. The maximum absolute atomic E-state index is 11.1. The number of fused-ring (bicyclic) bond motifs is 3. The van der Waals surface area contributed by atoms with Crippen LogP contribution in [0.3, 0.4) is 0 Å². The monoisotopic (exact) mass is 253 g/mol. The molecule has 7 heteroatoms. The van der Waals surface area contributed by atoms with E-state index in [9.17, 15) is 4.79 Å². The normalized spacial score (nSPS) is 11.5. The lowest BCUT2D eigenvalue weighted by atomic mass is 10.3. The highest BCUT2D eigenvalue weighted by Gasteiger charge is 2.10. The summed E-state index contributed by atoms with van der Waals surface area (Å²) in [6.07, 6.45) is 1.75. The van der Waals surface area contributed by atoms with Gasteiger partial charge in [-0.15, -0.1) is 10.2 Å². The third kappa shape index (κ3) is 0.869. The molecule has 0 amide bonds. The van der Waals surface area contributed by atoms with Crippen LogP contribution in [0.1, 0.15) is 0 Å². The number of aromatic amines is 3. The van der Waals surface area contributed by atoms with Gasteiger partial charge in [-0.3, -0.25) is 4.98 Å². The average Bonchev–Trinajstić information content (AvgIpc) is 2.68. The van der Waals surface area contributed by atoms with Crippen LogP contribution in [0.25, 0.3) is 22.2 Å². The Morgan fingerprint density at radius 3 is 2.86 bits per heavy atom. The number of imidazole rings is 1. The van der Waals surface area contributed by atoms with Crippen molar-refractivity contribution in [1.82, 2.24) is 25.1 Å². The lowest BCUT2D eigenvalue weighted by Crippen LogP contribution is -1.99. The molecule has 0 atom stereocenters. The number of H-pyrrole nitrogens is 3. The Balaban J connectivity index is 2.71. The molecule has 3 rings (SSSR count). The highest BCUT2D eigenvalue weighted by atomic mass is 79.9. The standard InChI is InChI=1S/C7H4BrN5O/c8-2-1-9-5-3(2)4-6(13-12-5)11-7(14)10-4/h1H,(H,9,12)(H2,10,11,13,14). The zero-order valence-corrected chi connectivity index (χ0v) is 8.34. The van der Waals surface area contributed by atoms with Gasteiger partial charge in [0, 0.05) is 10.7 Å². The van der Waals surface area contributed by atoms with E-state index in [2.05, 4.69) is 41.1 Å². The van der Waals surface area contributed by atoms with Crippen LogP contribution >= 0.6 is 15.9 Å². The van der Waals surface area contributed by atoms with Crippen LogP contribution in [0, 0.1) is 0 Å². The molecule has 0 saturated carbocycles. The Bertz CT molecular complexity index is 678. The van der Waals surface area contributed by atoms with Crippen molar-refractivity contribution in [3.63, 3.8) is 0 Å². The molecule has 0 spiro atoms. The average molecular weight is 254 g/mol. The van der Waals surface area contributed by atoms with Gasteiger partial charge >= 0.3 is 5.69 Å². The van der Waals surface area contributed by atoms with Gasteiger partial charge in [-0.1, -0.05) is 0 Å². The van der Waals surface area contributed by atoms with Crippen LogP contribution in [-0.2, 0) is 0 Å². The summed E-state index contributed by atoms with van der Waals surface area (Å²) in [6.45, 7) is 0. The third-order valence-corrected chi connectivity index (χ3v) is 2.64. The summed E-state index contributed by atoms with van der Waals surface area (Å²) in [6, 6.07) is 0. The lowest BCUT2D eigenvalue weighted by molar-refractivity contribution is 1.07. The van der Waals surface area contributed by atoms with Crippen LogP contribution in [0.2, 0.25) is 0 Å². The minimum atomic E-state index is -0.282. The first-order valence-electron chi connectivity index (χ1n) is 3.87. The molecule has 0 fully saturated rings. The number of aromatic nitrogens is 5. The molecule has 0 aliphatic rings. The van der Waals surface area contributed by atoms with E-state index in [0.29, 0.717) is 16.8 Å². The Hall–Kier alpha value is -1.63. The molecule has 0 aromatic carbocycles. The van der Waals surface area contributed by atoms with Crippen molar-refractivity contribution in [3.05, 3.63) is 21.2 Å². The minimum Gasteiger partial charge on any atom is -0.343 e. The molecule has 3 N–H and O–H groups in total. The van der Waals surface area contributed by atoms with Crippen LogP contribution in [0.5, 0.6) is 0 Å². The topological polar surface area (TPSA) is 90.2 Å². The van der Waals surface area contributed by atoms with Gasteiger partial charge in [0.05, 0.1) is 10.9 Å². The second kappa shape index (κ2) is 2.44. The highest BCUT2D eigenvalue weighted by Crippen LogP contribution is 2.25. The van der Waals surface area contributed by atoms with E-state index in [-0.39, 0.29) is 5.69 Å². The van der Waals surface area contributed by atoms with Crippen LogP contribution in [0.4, 0.5) is 0 Å². The molecule has 0 aliphatic heterocycles. The number of nitrogens with zero attached hydrogens (tertiary/aromatic N) is 2. The van der Waals surface area contributed by atoms with Gasteiger partial charge in [-0.25, -0.2) is 4.79 Å². The first-order valence-corrected chi connectivity index (χ1v) is 4.66. The van der Waals surface area contributed by atoms with Gasteiger partial charge in [-0.05, 0) is 15.9 Å². The molecule has 70 valence electrons. The van der Waals surface area contributed by atoms with Crippen molar-refractivity contribution >= 4 is 38.1 Å². The number of hydrogen-bond acceptors (Lipinski definition) is 3. The number of rotatable bonds is 0.